The van der Waals surface area contributed by atoms with Gasteiger partial charge in [0.05, 0.1) is 11.4 Å². The Morgan fingerprint density at radius 3 is 1.30 bits per heavy atom. The molecule has 1 aromatic heterocycles. The number of furan rings is 1. The van der Waals surface area contributed by atoms with E-state index in [2.05, 4.69) is 265 Å². The Bertz CT molecular complexity index is 3860. The molecule has 1 heterocycles. The summed E-state index contributed by atoms with van der Waals surface area (Å²) >= 11 is 0. The lowest BCUT2D eigenvalue weighted by Crippen LogP contribution is -2.11. The van der Waals surface area contributed by atoms with Crippen molar-refractivity contribution in [3.8, 4) is 22.3 Å². The van der Waals surface area contributed by atoms with Gasteiger partial charge in [-0.1, -0.05) is 194 Å². The van der Waals surface area contributed by atoms with Crippen LogP contribution in [0.2, 0.25) is 0 Å². The van der Waals surface area contributed by atoms with Crippen molar-refractivity contribution in [1.82, 2.24) is 0 Å². The van der Waals surface area contributed by atoms with E-state index in [0.29, 0.717) is 0 Å². The highest BCUT2D eigenvalue weighted by Crippen LogP contribution is 2.50. The van der Waals surface area contributed by atoms with Gasteiger partial charge < -0.3 is 14.2 Å². The summed E-state index contributed by atoms with van der Waals surface area (Å²) in [5, 5.41) is 11.8. The first-order valence-electron chi connectivity index (χ1n) is 22.9. The average Bonchev–Trinajstić information content (AvgIpc) is 3.79. The third-order valence-electron chi connectivity index (χ3n) is 13.4. The van der Waals surface area contributed by atoms with Gasteiger partial charge in [0.15, 0.2) is 0 Å². The van der Waals surface area contributed by atoms with Gasteiger partial charge in [-0.15, -0.1) is 0 Å². The summed E-state index contributed by atoms with van der Waals surface area (Å²) in [5.74, 6) is 0. The number of para-hydroxylation sites is 2. The molecule has 0 radical (unpaired) electrons. The maximum atomic E-state index is 6.82. The molecule has 0 aliphatic rings. The highest BCUT2D eigenvalue weighted by molar-refractivity contribution is 6.28. The average molecular weight is 855 g/mol. The van der Waals surface area contributed by atoms with Crippen LogP contribution in [-0.2, 0) is 0 Å². The first-order valence-corrected chi connectivity index (χ1v) is 22.9. The van der Waals surface area contributed by atoms with E-state index in [1.165, 1.54) is 49.0 Å². The lowest BCUT2D eigenvalue weighted by molar-refractivity contribution is 0.669. The van der Waals surface area contributed by atoms with Crippen LogP contribution in [0.25, 0.3) is 87.3 Å². The van der Waals surface area contributed by atoms with Gasteiger partial charge in [-0.05, 0) is 104 Å². The highest BCUT2D eigenvalue weighted by atomic mass is 16.3. The zero-order chi connectivity index (χ0) is 44.3. The highest BCUT2D eigenvalue weighted by Gasteiger charge is 2.24. The number of nitrogens with zero attached hydrogens (tertiary/aromatic N) is 2. The number of hydrogen-bond acceptors (Lipinski definition) is 3. The monoisotopic (exact) mass is 854 g/mol. The van der Waals surface area contributed by atoms with Gasteiger partial charge in [0.25, 0.3) is 0 Å². The maximum absolute atomic E-state index is 6.82. The van der Waals surface area contributed by atoms with Gasteiger partial charge in [0.2, 0.25) is 0 Å². The second-order valence-electron chi connectivity index (χ2n) is 17.2. The van der Waals surface area contributed by atoms with Gasteiger partial charge in [-0.3, -0.25) is 0 Å². The van der Waals surface area contributed by atoms with Crippen molar-refractivity contribution in [2.24, 2.45) is 0 Å². The molecule has 314 valence electrons. The number of fused-ring (bicyclic) bond motifs is 9. The predicted molar refractivity (Wildman–Crippen MR) is 284 cm³/mol. The normalized spacial score (nSPS) is 11.6. The van der Waals surface area contributed by atoms with Gasteiger partial charge in [-0.2, -0.15) is 0 Å². The number of rotatable bonds is 8. The Balaban J connectivity index is 1.02. The molecule has 0 amide bonds. The molecule has 0 atom stereocenters. The van der Waals surface area contributed by atoms with Crippen molar-refractivity contribution in [2.45, 2.75) is 0 Å². The summed E-state index contributed by atoms with van der Waals surface area (Å²) in [6.45, 7) is 0. The Kier molecular flexibility index (Phi) is 9.17. The van der Waals surface area contributed by atoms with Gasteiger partial charge >= 0.3 is 0 Å². The van der Waals surface area contributed by atoms with Crippen LogP contribution in [0, 0.1) is 0 Å². The van der Waals surface area contributed by atoms with Gasteiger partial charge in [0, 0.05) is 55.7 Å². The first kappa shape index (κ1) is 38.5. The fourth-order valence-electron chi connectivity index (χ4n) is 10.4. The van der Waals surface area contributed by atoms with E-state index in [9.17, 15) is 0 Å². The fraction of sp³-hybridized carbons (Fsp3) is 0. The predicted octanol–water partition coefficient (Wildman–Crippen LogP) is 18.5. The van der Waals surface area contributed by atoms with Crippen LogP contribution < -0.4 is 9.80 Å². The van der Waals surface area contributed by atoms with E-state index in [1.807, 2.05) is 0 Å². The van der Waals surface area contributed by atoms with Crippen LogP contribution >= 0.6 is 0 Å². The molecule has 0 aliphatic carbocycles. The molecule has 13 aromatic rings. The van der Waals surface area contributed by atoms with Crippen molar-refractivity contribution < 1.29 is 4.42 Å². The summed E-state index contributed by atoms with van der Waals surface area (Å²) in [5.41, 5.74) is 13.0. The molecule has 0 bridgehead atoms. The van der Waals surface area contributed by atoms with E-state index in [-0.39, 0.29) is 0 Å². The second kappa shape index (κ2) is 16.0. The molecule has 0 fully saturated rings. The van der Waals surface area contributed by atoms with Crippen molar-refractivity contribution in [2.75, 3.05) is 9.80 Å². The minimum Gasteiger partial charge on any atom is -0.456 e. The van der Waals surface area contributed by atoms with Gasteiger partial charge in [0.1, 0.15) is 11.2 Å². The summed E-state index contributed by atoms with van der Waals surface area (Å²) in [6, 6.07) is 91.8. The Morgan fingerprint density at radius 1 is 0.269 bits per heavy atom. The Labute approximate surface area is 388 Å². The second-order valence-corrected chi connectivity index (χ2v) is 17.2. The molecule has 0 spiro atoms. The molecule has 3 nitrogen and oxygen atoms in total. The third kappa shape index (κ3) is 6.43. The van der Waals surface area contributed by atoms with Crippen molar-refractivity contribution in [3.63, 3.8) is 0 Å². The first-order chi connectivity index (χ1) is 33.3. The van der Waals surface area contributed by atoms with Crippen LogP contribution in [0.1, 0.15) is 0 Å². The molecule has 13 rings (SSSR count). The maximum Gasteiger partial charge on any atom is 0.138 e. The van der Waals surface area contributed by atoms with Gasteiger partial charge in [-0.25, -0.2) is 0 Å². The smallest absolute Gasteiger partial charge is 0.138 e. The number of hydrogen-bond donors (Lipinski definition) is 0. The van der Waals surface area contributed by atoms with Crippen LogP contribution in [0.4, 0.5) is 34.1 Å². The standard InChI is InChI=1S/C64H42N2O/c1-4-18-43(19-5-1)44-32-37-49(38-33-44)65(58-42-60-63(53-27-13-12-26-52(53)58)62-51-25-11-10-20-45(51)36-41-59(62)67-60)50-39-34-46(35-40-50)61-54-28-14-16-30-56(54)64(57-31-17-15-29-55(57)61)66(47-21-6-2-7-22-47)48-23-8-3-9-24-48/h1-42H. The molecule has 0 unspecified atom stereocenters. The summed E-state index contributed by atoms with van der Waals surface area (Å²) in [7, 11) is 0. The molecule has 67 heavy (non-hydrogen) atoms. The van der Waals surface area contributed by atoms with Crippen LogP contribution in [0.5, 0.6) is 0 Å². The third-order valence-corrected chi connectivity index (χ3v) is 13.4. The molecule has 0 saturated carbocycles. The minimum absolute atomic E-state index is 0.862. The zero-order valence-corrected chi connectivity index (χ0v) is 36.6. The number of anilines is 6. The topological polar surface area (TPSA) is 19.6 Å². The van der Waals surface area contributed by atoms with Crippen molar-refractivity contribution >= 4 is 99.2 Å². The molecule has 12 aromatic carbocycles. The van der Waals surface area contributed by atoms with Crippen molar-refractivity contribution in [3.05, 3.63) is 255 Å². The molecule has 0 N–H and O–H groups in total. The lowest BCUT2D eigenvalue weighted by atomic mass is 9.89. The molecule has 0 saturated heterocycles. The van der Waals surface area contributed by atoms with E-state index in [0.717, 1.165) is 72.4 Å². The summed E-state index contributed by atoms with van der Waals surface area (Å²) in [4.78, 5) is 4.80. The molecular weight excluding hydrogens is 813 g/mol. The van der Waals surface area contributed by atoms with E-state index in [4.69, 9.17) is 4.42 Å². The van der Waals surface area contributed by atoms with E-state index in [1.54, 1.807) is 0 Å². The van der Waals surface area contributed by atoms with E-state index < -0.39 is 0 Å². The largest absolute Gasteiger partial charge is 0.456 e. The van der Waals surface area contributed by atoms with E-state index >= 15 is 0 Å². The Hall–Kier alpha value is -8.92. The summed E-state index contributed by atoms with van der Waals surface area (Å²) in [6.07, 6.45) is 0. The van der Waals surface area contributed by atoms with Crippen LogP contribution in [0.15, 0.2) is 259 Å². The van der Waals surface area contributed by atoms with Crippen molar-refractivity contribution in [1.29, 1.82) is 0 Å². The van der Waals surface area contributed by atoms with Crippen LogP contribution in [0.3, 0.4) is 0 Å². The zero-order valence-electron chi connectivity index (χ0n) is 36.6. The quantitative estimate of drug-likeness (QED) is 0.142. The van der Waals surface area contributed by atoms with Crippen LogP contribution in [-0.4, -0.2) is 0 Å². The molecule has 0 aliphatic heterocycles. The number of benzene rings is 12. The summed E-state index contributed by atoms with van der Waals surface area (Å²) < 4.78 is 6.82. The molecule has 3 heteroatoms. The SMILES string of the molecule is c1ccc(-c2ccc(N(c3ccc(-c4c5ccccc5c(N(c5ccccc5)c5ccccc5)c5ccccc45)cc3)c3cc4oc5ccc6ccccc6c5c4c4ccccc34)cc2)cc1. The molecular formula is C64H42N2O. The fourth-order valence-corrected chi connectivity index (χ4v) is 10.4. The lowest BCUT2D eigenvalue weighted by Gasteiger charge is -2.29. The Morgan fingerprint density at radius 2 is 0.701 bits per heavy atom. The minimum atomic E-state index is 0.862.